The summed E-state index contributed by atoms with van der Waals surface area (Å²) in [5.74, 6) is -0.228. The molecule has 0 spiro atoms. The lowest BCUT2D eigenvalue weighted by molar-refractivity contribution is 0.334. The Hall–Kier alpha value is -5.60. The van der Waals surface area contributed by atoms with E-state index in [0.717, 1.165) is 91.9 Å². The second kappa shape index (κ2) is 14.9. The number of fused-ring (bicyclic) bond motifs is 2. The quantitative estimate of drug-likeness (QED) is 0.107. The van der Waals surface area contributed by atoms with Crippen molar-refractivity contribution < 1.29 is 4.39 Å². The van der Waals surface area contributed by atoms with Gasteiger partial charge in [0.1, 0.15) is 11.5 Å². The molecule has 252 valence electrons. The maximum Gasteiger partial charge on any atom is 0.124 e. The zero-order valence-electron chi connectivity index (χ0n) is 28.5. The van der Waals surface area contributed by atoms with Crippen LogP contribution in [-0.4, -0.2) is 49.7 Å². The van der Waals surface area contributed by atoms with Crippen LogP contribution in [0.5, 0.6) is 0 Å². The molecule has 1 aliphatic heterocycles. The van der Waals surface area contributed by atoms with Gasteiger partial charge in [0.25, 0.3) is 0 Å². The number of nitrogens with zero attached hydrogens (tertiary/aromatic N) is 4. The topological polar surface area (TPSA) is 85.5 Å². The summed E-state index contributed by atoms with van der Waals surface area (Å²) in [6, 6.07) is 19.7. The predicted octanol–water partition coefficient (Wildman–Crippen LogP) is 9.15. The molecular formula is C42H42FN7. The first kappa shape index (κ1) is 32.9. The smallest absolute Gasteiger partial charge is 0.124 e. The van der Waals surface area contributed by atoms with E-state index in [1.165, 1.54) is 31.5 Å². The first-order valence-corrected chi connectivity index (χ1v) is 17.3. The molecule has 8 heteroatoms. The molecule has 7 rings (SSSR count). The van der Waals surface area contributed by atoms with Crippen LogP contribution in [0.3, 0.4) is 0 Å². The van der Waals surface area contributed by atoms with E-state index in [9.17, 15) is 4.39 Å². The fourth-order valence-corrected chi connectivity index (χ4v) is 6.86. The van der Waals surface area contributed by atoms with Gasteiger partial charge in [-0.25, -0.2) is 4.39 Å². The zero-order chi connectivity index (χ0) is 34.5. The molecule has 0 saturated carbocycles. The van der Waals surface area contributed by atoms with Gasteiger partial charge < -0.3 is 15.2 Å². The number of H-pyrrole nitrogens is 2. The average Bonchev–Trinajstić information content (AvgIpc) is 3.90. The van der Waals surface area contributed by atoms with Crippen LogP contribution in [0.15, 0.2) is 122 Å². The van der Waals surface area contributed by atoms with Gasteiger partial charge in [0.15, 0.2) is 0 Å². The van der Waals surface area contributed by atoms with E-state index < -0.39 is 0 Å². The fourth-order valence-electron chi connectivity index (χ4n) is 6.86. The third-order valence-corrected chi connectivity index (χ3v) is 9.37. The summed E-state index contributed by atoms with van der Waals surface area (Å²) in [7, 11) is 0. The highest BCUT2D eigenvalue weighted by Crippen LogP contribution is 2.35. The Morgan fingerprint density at radius 1 is 0.980 bits per heavy atom. The van der Waals surface area contributed by atoms with E-state index in [1.54, 1.807) is 24.4 Å². The molecule has 5 heterocycles. The minimum atomic E-state index is -0.228. The molecule has 0 unspecified atom stereocenters. The van der Waals surface area contributed by atoms with Crippen LogP contribution >= 0.6 is 0 Å². The van der Waals surface area contributed by atoms with Gasteiger partial charge in [-0.3, -0.25) is 15.1 Å². The number of hydrogen-bond donors (Lipinski definition) is 3. The van der Waals surface area contributed by atoms with E-state index in [4.69, 9.17) is 4.98 Å². The molecule has 6 aromatic rings. The highest BCUT2D eigenvalue weighted by molar-refractivity contribution is 6.01. The Morgan fingerprint density at radius 2 is 1.82 bits per heavy atom. The van der Waals surface area contributed by atoms with Gasteiger partial charge in [-0.1, -0.05) is 55.6 Å². The van der Waals surface area contributed by atoms with Gasteiger partial charge in [-0.05, 0) is 111 Å². The highest BCUT2D eigenvalue weighted by Gasteiger charge is 2.17. The van der Waals surface area contributed by atoms with E-state index >= 15 is 0 Å². The number of nitrogens with one attached hydrogen (secondary N) is 3. The van der Waals surface area contributed by atoms with Crippen molar-refractivity contribution in [2.24, 2.45) is 0 Å². The number of allylic oxidation sites excluding steroid dienone is 5. The molecule has 7 nitrogen and oxygen atoms in total. The number of hydrogen-bond acceptors (Lipinski definition) is 5. The van der Waals surface area contributed by atoms with Crippen molar-refractivity contribution in [3.63, 3.8) is 0 Å². The molecule has 0 amide bonds. The van der Waals surface area contributed by atoms with Crippen molar-refractivity contribution in [3.8, 4) is 22.5 Å². The Balaban J connectivity index is 1.15. The summed E-state index contributed by atoms with van der Waals surface area (Å²) < 4.78 is 14.9. The second-order valence-electron chi connectivity index (χ2n) is 13.0. The van der Waals surface area contributed by atoms with Gasteiger partial charge in [0, 0.05) is 40.3 Å². The summed E-state index contributed by atoms with van der Waals surface area (Å²) in [4.78, 5) is 15.3. The summed E-state index contributed by atoms with van der Waals surface area (Å²) in [6.45, 7) is 13.6. The number of halogens is 1. The maximum atomic E-state index is 14.9. The van der Waals surface area contributed by atoms with Gasteiger partial charge in [-0.15, -0.1) is 0 Å². The number of likely N-dealkylation sites (tertiary alicyclic amines) is 1. The molecule has 0 aliphatic carbocycles. The van der Waals surface area contributed by atoms with Crippen molar-refractivity contribution in [2.45, 2.75) is 39.0 Å². The summed E-state index contributed by atoms with van der Waals surface area (Å²) in [5, 5.41) is 13.1. The van der Waals surface area contributed by atoms with Crippen molar-refractivity contribution in [1.82, 2.24) is 35.4 Å². The third-order valence-electron chi connectivity index (χ3n) is 9.37. The Morgan fingerprint density at radius 3 is 2.62 bits per heavy atom. The zero-order valence-corrected chi connectivity index (χ0v) is 28.5. The summed E-state index contributed by atoms with van der Waals surface area (Å²) in [5.41, 5.74) is 10.6. The van der Waals surface area contributed by atoms with Crippen LogP contribution in [0.2, 0.25) is 0 Å². The number of pyridine rings is 2. The van der Waals surface area contributed by atoms with Gasteiger partial charge in [-0.2, -0.15) is 5.10 Å². The third kappa shape index (κ3) is 7.36. The van der Waals surface area contributed by atoms with E-state index in [2.05, 4.69) is 67.8 Å². The van der Waals surface area contributed by atoms with Crippen molar-refractivity contribution in [1.29, 1.82) is 0 Å². The molecular weight excluding hydrogens is 622 g/mol. The molecule has 0 radical (unpaired) electrons. The highest BCUT2D eigenvalue weighted by atomic mass is 19.1. The van der Waals surface area contributed by atoms with E-state index in [1.807, 2.05) is 55.7 Å². The summed E-state index contributed by atoms with van der Waals surface area (Å²) >= 11 is 0. The lowest BCUT2D eigenvalue weighted by Crippen LogP contribution is -2.20. The minimum Gasteiger partial charge on any atom is -0.359 e. The number of benzene rings is 2. The van der Waals surface area contributed by atoms with Crippen molar-refractivity contribution >= 4 is 27.4 Å². The second-order valence-corrected chi connectivity index (χ2v) is 13.0. The normalized spacial score (nSPS) is 14.1. The predicted molar refractivity (Wildman–Crippen MR) is 203 cm³/mol. The molecule has 1 aliphatic rings. The average molecular weight is 664 g/mol. The maximum absolute atomic E-state index is 14.9. The first-order chi connectivity index (χ1) is 24.5. The monoisotopic (exact) mass is 663 g/mol. The van der Waals surface area contributed by atoms with Crippen LogP contribution in [0.4, 0.5) is 4.39 Å². The van der Waals surface area contributed by atoms with Gasteiger partial charge >= 0.3 is 0 Å². The van der Waals surface area contributed by atoms with Crippen LogP contribution in [0.25, 0.3) is 49.9 Å². The molecule has 3 N–H and O–H groups in total. The first-order valence-electron chi connectivity index (χ1n) is 17.3. The Labute approximate surface area is 292 Å². The number of rotatable bonds is 13. The molecule has 0 bridgehead atoms. The summed E-state index contributed by atoms with van der Waals surface area (Å²) in [6.07, 6.45) is 16.4. The van der Waals surface area contributed by atoms with Crippen molar-refractivity contribution in [2.75, 3.05) is 19.6 Å². The van der Waals surface area contributed by atoms with Crippen molar-refractivity contribution in [3.05, 3.63) is 145 Å². The molecule has 2 aromatic carbocycles. The lowest BCUT2D eigenvalue weighted by atomic mass is 9.99. The van der Waals surface area contributed by atoms with Crippen LogP contribution in [-0.2, 0) is 12.8 Å². The Bertz CT molecular complexity index is 2220. The van der Waals surface area contributed by atoms with E-state index in [0.29, 0.717) is 6.42 Å². The van der Waals surface area contributed by atoms with Gasteiger partial charge in [0.2, 0.25) is 0 Å². The molecule has 1 saturated heterocycles. The number of aromatic nitrogens is 5. The minimum absolute atomic E-state index is 0.228. The number of aromatic amines is 2. The van der Waals surface area contributed by atoms with E-state index in [-0.39, 0.29) is 5.82 Å². The van der Waals surface area contributed by atoms with Crippen LogP contribution in [0, 0.1) is 5.82 Å². The van der Waals surface area contributed by atoms with Gasteiger partial charge in [0.05, 0.1) is 34.8 Å². The SMILES string of the molecule is C=C/C(=C\C(=C/C)c1cc2c(-c3cc4c(-c5cc(F)cc(CCCN6CCCC6)c5)cncc4[nH]3)n[nH]c2cn1)NC(=C)Cc1ccccc1. The molecule has 4 aromatic heterocycles. The molecule has 1 fully saturated rings. The van der Waals surface area contributed by atoms with Crippen LogP contribution < -0.4 is 5.32 Å². The molecule has 50 heavy (non-hydrogen) atoms. The lowest BCUT2D eigenvalue weighted by Gasteiger charge is -2.14. The Kier molecular flexibility index (Phi) is 9.80. The standard InChI is InChI=1S/C42H42FN7/c1-4-31(22-34(5-2)46-28(3)18-29-12-7-6-8-13-29)38-24-36-41(27-45-38)48-49-42(36)39-23-35-37(25-44-26-40(35)47-39)32-19-30(20-33(43)21-32)14-11-17-50-15-9-10-16-50/h4-8,12-13,19-27,46-47H,2-3,9-11,14-18H2,1H3,(H,48,49)/b31-4+,34-22+. The van der Waals surface area contributed by atoms with Crippen LogP contribution in [0.1, 0.15) is 43.0 Å². The molecule has 0 atom stereocenters. The fraction of sp³-hybridized carbons (Fsp3) is 0.214. The largest absolute Gasteiger partial charge is 0.359 e. The number of aryl methyl sites for hydroxylation is 1.